The molecule has 0 unspecified atom stereocenters. The number of hydrogen-bond donors (Lipinski definition) is 1. The van der Waals surface area contributed by atoms with E-state index in [0.717, 1.165) is 10.9 Å². The van der Waals surface area contributed by atoms with Crippen LogP contribution in [0.3, 0.4) is 0 Å². The molecule has 1 aliphatic rings. The summed E-state index contributed by atoms with van der Waals surface area (Å²) in [5.41, 5.74) is 0.787. The lowest BCUT2D eigenvalue weighted by molar-refractivity contribution is -0.142. The van der Waals surface area contributed by atoms with Crippen molar-refractivity contribution in [1.29, 1.82) is 0 Å². The summed E-state index contributed by atoms with van der Waals surface area (Å²) in [6, 6.07) is 7.13. The first-order valence-electron chi connectivity index (χ1n) is 10.6. The number of piperazine rings is 1. The number of nitrogens with one attached hydrogen (secondary N) is 1. The number of para-hydroxylation sites is 1. The molecule has 31 heavy (non-hydrogen) atoms. The number of methoxy groups -OCH3 is 1. The molecule has 9 nitrogen and oxygen atoms in total. The normalized spacial score (nSPS) is 17.1. The second-order valence-electron chi connectivity index (χ2n) is 7.97. The molecule has 0 aliphatic carbocycles. The van der Waals surface area contributed by atoms with Crippen molar-refractivity contribution in [2.75, 3.05) is 44.4 Å². The number of esters is 1. The van der Waals surface area contributed by atoms with Crippen molar-refractivity contribution in [3.63, 3.8) is 0 Å². The maximum absolute atomic E-state index is 12.2. The number of rotatable bonds is 8. The van der Waals surface area contributed by atoms with Crippen LogP contribution in [0.15, 0.2) is 24.3 Å². The van der Waals surface area contributed by atoms with Gasteiger partial charge >= 0.3 is 5.97 Å². The third kappa shape index (κ3) is 5.50. The lowest BCUT2D eigenvalue weighted by Crippen LogP contribution is -2.48. The maximum atomic E-state index is 12.2. The minimum atomic E-state index is -3.16. The Labute approximate surface area is 183 Å². The van der Waals surface area contributed by atoms with E-state index in [4.69, 9.17) is 14.7 Å². The molecule has 1 aromatic heterocycles. The van der Waals surface area contributed by atoms with Gasteiger partial charge < -0.3 is 10.1 Å². The second-order valence-corrected chi connectivity index (χ2v) is 10.2. The first kappa shape index (κ1) is 23.4. The van der Waals surface area contributed by atoms with Gasteiger partial charge in [-0.3, -0.25) is 4.90 Å². The number of benzene rings is 1. The molecule has 10 heteroatoms. The molecule has 0 spiro atoms. The van der Waals surface area contributed by atoms with Crippen molar-refractivity contribution in [2.45, 2.75) is 33.4 Å². The highest BCUT2D eigenvalue weighted by atomic mass is 32.2. The number of fused-ring (bicyclic) bond motifs is 1. The van der Waals surface area contributed by atoms with E-state index in [1.54, 1.807) is 11.2 Å². The highest BCUT2D eigenvalue weighted by Crippen LogP contribution is 2.23. The molecule has 0 radical (unpaired) electrons. The first-order valence-corrected chi connectivity index (χ1v) is 12.2. The molecule has 0 saturated carbocycles. The van der Waals surface area contributed by atoms with Gasteiger partial charge in [-0.05, 0) is 25.0 Å². The van der Waals surface area contributed by atoms with Crippen molar-refractivity contribution in [3.05, 3.63) is 30.1 Å². The summed E-state index contributed by atoms with van der Waals surface area (Å²) in [6.07, 6.45) is 0. The zero-order valence-electron chi connectivity index (χ0n) is 18.5. The van der Waals surface area contributed by atoms with Crippen LogP contribution in [-0.2, 0) is 26.1 Å². The fourth-order valence-electron chi connectivity index (χ4n) is 3.63. The van der Waals surface area contributed by atoms with E-state index >= 15 is 0 Å². The summed E-state index contributed by atoms with van der Waals surface area (Å²) < 4.78 is 30.7. The monoisotopic (exact) mass is 449 g/mol. The first-order chi connectivity index (χ1) is 14.7. The molecule has 0 amide bonds. The molecular weight excluding hydrogens is 418 g/mol. The molecule has 1 N–H and O–H groups in total. The number of aromatic nitrogens is 2. The molecule has 2 heterocycles. The number of hydrogen-bond acceptors (Lipinski definition) is 8. The third-order valence-corrected chi connectivity index (χ3v) is 7.40. The van der Waals surface area contributed by atoms with Crippen LogP contribution in [0.5, 0.6) is 0 Å². The highest BCUT2D eigenvalue weighted by molar-refractivity contribution is 7.89. The number of carbonyl (C=O) groups is 1. The van der Waals surface area contributed by atoms with E-state index in [2.05, 4.69) is 10.2 Å². The Bertz CT molecular complexity index is 1020. The Kier molecular flexibility index (Phi) is 7.45. The molecule has 1 aromatic carbocycles. The van der Waals surface area contributed by atoms with E-state index in [1.807, 2.05) is 38.1 Å². The minimum Gasteiger partial charge on any atom is -0.467 e. The minimum absolute atomic E-state index is 0.0122. The van der Waals surface area contributed by atoms with Gasteiger partial charge in [0.05, 0.1) is 24.9 Å². The van der Waals surface area contributed by atoms with E-state index in [9.17, 15) is 13.2 Å². The smallest absolute Gasteiger partial charge is 0.328 e. The van der Waals surface area contributed by atoms with E-state index < -0.39 is 16.1 Å². The Hall–Kier alpha value is -2.30. The van der Waals surface area contributed by atoms with Gasteiger partial charge in [0.1, 0.15) is 17.7 Å². The quantitative estimate of drug-likeness (QED) is 0.608. The molecule has 1 saturated heterocycles. The zero-order chi connectivity index (χ0) is 22.6. The predicted octanol–water partition coefficient (Wildman–Crippen LogP) is 1.71. The zero-order valence-corrected chi connectivity index (χ0v) is 19.4. The van der Waals surface area contributed by atoms with Crippen LogP contribution in [-0.4, -0.2) is 78.6 Å². The van der Waals surface area contributed by atoms with Crippen molar-refractivity contribution >= 4 is 32.7 Å². The molecule has 1 aliphatic heterocycles. The van der Waals surface area contributed by atoms with Crippen LogP contribution in [0.4, 0.5) is 5.82 Å². The number of anilines is 1. The number of nitrogens with zero attached hydrogens (tertiary/aromatic N) is 4. The number of carbonyl (C=O) groups excluding carboxylic acids is 1. The van der Waals surface area contributed by atoms with Crippen LogP contribution in [0.1, 0.15) is 26.6 Å². The summed E-state index contributed by atoms with van der Waals surface area (Å²) >= 11 is 0. The van der Waals surface area contributed by atoms with E-state index in [1.165, 1.54) is 7.11 Å². The summed E-state index contributed by atoms with van der Waals surface area (Å²) in [7, 11) is -1.79. The van der Waals surface area contributed by atoms with E-state index in [0.29, 0.717) is 44.4 Å². The molecule has 1 fully saturated rings. The Morgan fingerprint density at radius 3 is 2.45 bits per heavy atom. The van der Waals surface area contributed by atoms with Crippen LogP contribution >= 0.6 is 0 Å². The average molecular weight is 450 g/mol. The largest absolute Gasteiger partial charge is 0.467 e. The third-order valence-electron chi connectivity index (χ3n) is 5.52. The lowest BCUT2D eigenvalue weighted by Gasteiger charge is -2.33. The molecule has 170 valence electrons. The Morgan fingerprint density at radius 1 is 1.16 bits per heavy atom. The molecule has 2 aromatic rings. The van der Waals surface area contributed by atoms with Crippen molar-refractivity contribution < 1.29 is 17.9 Å². The fourth-order valence-corrected chi connectivity index (χ4v) is 4.71. The SMILES string of the molecule is CCS(=O)(=O)N1CCN(Cc2nc(N[C@H](C(=O)OC)C(C)C)c3ccccc3n2)CC1. The highest BCUT2D eigenvalue weighted by Gasteiger charge is 2.27. The Morgan fingerprint density at radius 2 is 1.84 bits per heavy atom. The van der Waals surface area contributed by atoms with Gasteiger partial charge in [0.15, 0.2) is 0 Å². The van der Waals surface area contributed by atoms with E-state index in [-0.39, 0.29) is 17.6 Å². The van der Waals surface area contributed by atoms with Gasteiger partial charge in [-0.1, -0.05) is 26.0 Å². The summed E-state index contributed by atoms with van der Waals surface area (Å²) in [6.45, 7) is 8.23. The van der Waals surface area contributed by atoms with Gasteiger partial charge in [0, 0.05) is 31.6 Å². The van der Waals surface area contributed by atoms with Gasteiger partial charge in [-0.2, -0.15) is 4.31 Å². The summed E-state index contributed by atoms with van der Waals surface area (Å²) in [5.74, 6) is 1.01. The van der Waals surface area contributed by atoms with Crippen molar-refractivity contribution in [1.82, 2.24) is 19.2 Å². The predicted molar refractivity (Wildman–Crippen MR) is 120 cm³/mol. The maximum Gasteiger partial charge on any atom is 0.328 e. The lowest BCUT2D eigenvalue weighted by atomic mass is 10.0. The summed E-state index contributed by atoms with van der Waals surface area (Å²) in [4.78, 5) is 23.8. The molecule has 1 atom stereocenters. The average Bonchev–Trinajstić information content (AvgIpc) is 2.77. The molecular formula is C21H31N5O4S. The van der Waals surface area contributed by atoms with Gasteiger partial charge in [-0.15, -0.1) is 0 Å². The van der Waals surface area contributed by atoms with Crippen molar-refractivity contribution in [3.8, 4) is 0 Å². The van der Waals surface area contributed by atoms with Crippen LogP contribution in [0.25, 0.3) is 10.9 Å². The fraction of sp³-hybridized carbons (Fsp3) is 0.571. The standard InChI is InChI=1S/C21H31N5O4S/c1-5-31(28,29)26-12-10-25(11-13-26)14-18-22-17-9-7-6-8-16(17)20(23-18)24-19(15(2)3)21(27)30-4/h6-9,15,19H,5,10-14H2,1-4H3,(H,22,23,24)/t19-/m0/s1. The Balaban J connectivity index is 1.82. The van der Waals surface area contributed by atoms with Crippen molar-refractivity contribution in [2.24, 2.45) is 5.92 Å². The van der Waals surface area contributed by atoms with Gasteiger partial charge in [0.25, 0.3) is 0 Å². The number of ether oxygens (including phenoxy) is 1. The van der Waals surface area contributed by atoms with Gasteiger partial charge in [-0.25, -0.2) is 23.2 Å². The topological polar surface area (TPSA) is 105 Å². The second kappa shape index (κ2) is 9.88. The molecule has 0 bridgehead atoms. The molecule has 3 rings (SSSR count). The van der Waals surface area contributed by atoms with Crippen LogP contribution in [0, 0.1) is 5.92 Å². The van der Waals surface area contributed by atoms with Crippen LogP contribution in [0.2, 0.25) is 0 Å². The van der Waals surface area contributed by atoms with Crippen LogP contribution < -0.4 is 5.32 Å². The van der Waals surface area contributed by atoms with Gasteiger partial charge in [0.2, 0.25) is 10.0 Å². The summed E-state index contributed by atoms with van der Waals surface area (Å²) in [5, 5.41) is 4.09. The number of sulfonamides is 1.